The molecule has 1 heteroatoms. The lowest BCUT2D eigenvalue weighted by Gasteiger charge is -2.12. The predicted octanol–water partition coefficient (Wildman–Crippen LogP) is 2.64. The molecule has 0 aromatic carbocycles. The van der Waals surface area contributed by atoms with E-state index >= 15 is 0 Å². The second-order valence-corrected chi connectivity index (χ2v) is 3.36. The molecule has 0 aromatic heterocycles. The van der Waals surface area contributed by atoms with Crippen LogP contribution in [-0.2, 0) is 0 Å². The maximum Gasteiger partial charge on any atom is 0.0640 e. The Balaban J connectivity index is 2.47. The molecule has 0 saturated carbocycles. The van der Waals surface area contributed by atoms with Gasteiger partial charge in [-0.2, -0.15) is 0 Å². The fourth-order valence-electron chi connectivity index (χ4n) is 1.26. The van der Waals surface area contributed by atoms with E-state index in [1.54, 1.807) is 6.08 Å². The van der Waals surface area contributed by atoms with Gasteiger partial charge in [0.1, 0.15) is 0 Å². The third-order valence-corrected chi connectivity index (χ3v) is 2.18. The molecule has 0 heterocycles. The Kier molecular flexibility index (Phi) is 2.27. The number of hydrogen-bond acceptors (Lipinski definition) is 1. The molecule has 0 saturated heterocycles. The van der Waals surface area contributed by atoms with Gasteiger partial charge in [0.15, 0.2) is 0 Å². The molecule has 13 heavy (non-hydrogen) atoms. The largest absolute Gasteiger partial charge is 0.143 e. The maximum atomic E-state index is 4.28. The molecule has 0 N–H and O–H groups in total. The van der Waals surface area contributed by atoms with E-state index in [-0.39, 0.29) is 5.92 Å². The molecule has 0 spiro atoms. The first-order valence-electron chi connectivity index (χ1n) is 4.07. The summed E-state index contributed by atoms with van der Waals surface area (Å²) in [7, 11) is 0. The van der Waals surface area contributed by atoms with Gasteiger partial charge in [-0.05, 0) is 23.8 Å². The summed E-state index contributed by atoms with van der Waals surface area (Å²) >= 11 is 4.28. The second kappa shape index (κ2) is 3.58. The molecular formula is C12H8S. The molecule has 0 amide bonds. The zero-order valence-electron chi connectivity index (χ0n) is 6.99. The van der Waals surface area contributed by atoms with Crippen LogP contribution in [0.5, 0.6) is 0 Å². The second-order valence-electron chi connectivity index (χ2n) is 2.84. The van der Waals surface area contributed by atoms with E-state index in [9.17, 15) is 0 Å². The van der Waals surface area contributed by atoms with Crippen molar-refractivity contribution in [2.45, 2.75) is 0 Å². The minimum atomic E-state index is 0.213. The number of rotatable bonds is 0. The Labute approximate surface area is 83.4 Å². The van der Waals surface area contributed by atoms with Gasteiger partial charge in [-0.1, -0.05) is 24.0 Å². The van der Waals surface area contributed by atoms with Crippen molar-refractivity contribution in [2.75, 3.05) is 0 Å². The van der Waals surface area contributed by atoms with Crippen LogP contribution in [0.4, 0.5) is 0 Å². The van der Waals surface area contributed by atoms with E-state index in [1.165, 1.54) is 5.57 Å². The lowest BCUT2D eigenvalue weighted by molar-refractivity contribution is 1.03. The summed E-state index contributed by atoms with van der Waals surface area (Å²) in [6.45, 7) is 0. The topological polar surface area (TPSA) is 0 Å². The number of thiol groups is 1. The van der Waals surface area contributed by atoms with E-state index in [2.05, 4.69) is 36.3 Å². The molecule has 1 unspecified atom stereocenters. The molecule has 0 aliphatic heterocycles. The van der Waals surface area contributed by atoms with Crippen LogP contribution in [0.25, 0.3) is 0 Å². The zero-order valence-corrected chi connectivity index (χ0v) is 7.88. The van der Waals surface area contributed by atoms with Crippen LogP contribution in [0.2, 0.25) is 0 Å². The standard InChI is InChI=1S/C12H8S/c13-12-8-7-10-5-3-1-2-4-6-11(10)9-12/h1,4,6-10,13H/b11-6-. The number of fused-ring (bicyclic) bond motifs is 1. The minimum Gasteiger partial charge on any atom is -0.143 e. The van der Waals surface area contributed by atoms with Crippen molar-refractivity contribution in [1.82, 2.24) is 0 Å². The highest BCUT2D eigenvalue weighted by atomic mass is 32.1. The smallest absolute Gasteiger partial charge is 0.0640 e. The average Bonchev–Trinajstić information content (AvgIpc) is 2.08. The van der Waals surface area contributed by atoms with Crippen LogP contribution in [0.3, 0.4) is 0 Å². The van der Waals surface area contributed by atoms with Crippen LogP contribution in [0, 0.1) is 17.8 Å². The first kappa shape index (κ1) is 8.26. The third-order valence-electron chi connectivity index (χ3n) is 1.90. The van der Waals surface area contributed by atoms with Gasteiger partial charge in [-0.15, -0.1) is 18.4 Å². The van der Waals surface area contributed by atoms with Crippen LogP contribution in [0.1, 0.15) is 0 Å². The maximum absolute atomic E-state index is 4.28. The van der Waals surface area contributed by atoms with Crippen LogP contribution in [0.15, 0.2) is 52.7 Å². The molecule has 0 fully saturated rings. The normalized spacial score (nSPS) is 27.3. The lowest BCUT2D eigenvalue weighted by atomic mass is 9.94. The van der Waals surface area contributed by atoms with Crippen LogP contribution in [-0.4, -0.2) is 0 Å². The highest BCUT2D eigenvalue weighted by molar-refractivity contribution is 7.84. The fourth-order valence-corrected chi connectivity index (χ4v) is 1.50. The molecule has 2 aliphatic carbocycles. The Hall–Kier alpha value is -1.35. The van der Waals surface area contributed by atoms with Gasteiger partial charge in [0.25, 0.3) is 0 Å². The Morgan fingerprint density at radius 2 is 2.31 bits per heavy atom. The van der Waals surface area contributed by atoms with Gasteiger partial charge < -0.3 is 0 Å². The van der Waals surface area contributed by atoms with Crippen molar-refractivity contribution in [3.63, 3.8) is 0 Å². The van der Waals surface area contributed by atoms with Crippen molar-refractivity contribution in [2.24, 2.45) is 5.92 Å². The summed E-state index contributed by atoms with van der Waals surface area (Å²) in [5.74, 6) is 6.27. The van der Waals surface area contributed by atoms with E-state index in [0.29, 0.717) is 0 Å². The summed E-state index contributed by atoms with van der Waals surface area (Å²) in [6, 6.07) is 0. The van der Waals surface area contributed by atoms with Crippen molar-refractivity contribution in [3.05, 3.63) is 52.7 Å². The molecule has 1 atom stereocenters. The molecule has 0 bridgehead atoms. The van der Waals surface area contributed by atoms with E-state index in [1.807, 2.05) is 24.3 Å². The summed E-state index contributed by atoms with van der Waals surface area (Å²) in [4.78, 5) is 0.974. The summed E-state index contributed by atoms with van der Waals surface area (Å²) in [5.41, 5.74) is 4.14. The summed E-state index contributed by atoms with van der Waals surface area (Å²) in [5, 5.41) is 0. The molecule has 2 aliphatic rings. The average molecular weight is 184 g/mol. The molecule has 0 aromatic rings. The van der Waals surface area contributed by atoms with Gasteiger partial charge in [0.05, 0.1) is 5.92 Å². The molecule has 62 valence electrons. The van der Waals surface area contributed by atoms with Gasteiger partial charge in [0, 0.05) is 11.0 Å². The molecule has 0 nitrogen and oxygen atoms in total. The quantitative estimate of drug-likeness (QED) is 0.334. The first-order chi connectivity index (χ1) is 6.36. The summed E-state index contributed by atoms with van der Waals surface area (Å²) < 4.78 is 0. The Morgan fingerprint density at radius 3 is 3.23 bits per heavy atom. The highest BCUT2D eigenvalue weighted by Gasteiger charge is 2.09. The predicted molar refractivity (Wildman–Crippen MR) is 58.2 cm³/mol. The van der Waals surface area contributed by atoms with Crippen molar-refractivity contribution in [1.29, 1.82) is 0 Å². The first-order valence-corrected chi connectivity index (χ1v) is 4.52. The highest BCUT2D eigenvalue weighted by Crippen LogP contribution is 2.23. The van der Waals surface area contributed by atoms with Crippen molar-refractivity contribution < 1.29 is 0 Å². The van der Waals surface area contributed by atoms with E-state index < -0.39 is 0 Å². The molecule has 0 radical (unpaired) electrons. The Morgan fingerprint density at radius 1 is 1.38 bits per heavy atom. The molecular weight excluding hydrogens is 176 g/mol. The van der Waals surface area contributed by atoms with Gasteiger partial charge >= 0.3 is 0 Å². The van der Waals surface area contributed by atoms with Crippen molar-refractivity contribution >= 4 is 12.6 Å². The minimum absolute atomic E-state index is 0.213. The van der Waals surface area contributed by atoms with Crippen LogP contribution < -0.4 is 0 Å². The monoisotopic (exact) mass is 184 g/mol. The fraction of sp³-hybridized carbons (Fsp3) is 0.0833. The van der Waals surface area contributed by atoms with Gasteiger partial charge in [0.2, 0.25) is 0 Å². The van der Waals surface area contributed by atoms with E-state index in [4.69, 9.17) is 0 Å². The SMILES string of the molecule is SC1=C/C2=C/C=C=CC#CC2C=C1. The zero-order chi connectivity index (χ0) is 9.10. The third kappa shape index (κ3) is 1.87. The van der Waals surface area contributed by atoms with Crippen LogP contribution >= 0.6 is 12.6 Å². The van der Waals surface area contributed by atoms with Crippen molar-refractivity contribution in [3.8, 4) is 11.8 Å². The van der Waals surface area contributed by atoms with Gasteiger partial charge in [-0.25, -0.2) is 0 Å². The number of allylic oxidation sites excluding steroid dienone is 6. The van der Waals surface area contributed by atoms with E-state index in [0.717, 1.165) is 4.91 Å². The van der Waals surface area contributed by atoms with Gasteiger partial charge in [-0.3, -0.25) is 0 Å². The Bertz CT molecular complexity index is 429. The number of hydrogen-bond donors (Lipinski definition) is 1. The molecule has 2 rings (SSSR count). The lowest BCUT2D eigenvalue weighted by Crippen LogP contribution is -2.00. The summed E-state index contributed by atoms with van der Waals surface area (Å²) in [6.07, 6.45) is 11.7.